The summed E-state index contributed by atoms with van der Waals surface area (Å²) >= 11 is 0. The van der Waals surface area contributed by atoms with Gasteiger partial charge in [-0.25, -0.2) is 0 Å². The van der Waals surface area contributed by atoms with Crippen molar-refractivity contribution < 1.29 is 9.59 Å². The van der Waals surface area contributed by atoms with Gasteiger partial charge in [-0.05, 0) is 11.0 Å². The van der Waals surface area contributed by atoms with Crippen molar-refractivity contribution in [2.45, 2.75) is 39.0 Å². The first-order valence-corrected chi connectivity index (χ1v) is 6.55. The molecular formula is C16H23NO2. The van der Waals surface area contributed by atoms with E-state index in [-0.39, 0.29) is 29.9 Å². The second kappa shape index (κ2) is 6.00. The molecule has 0 saturated carbocycles. The van der Waals surface area contributed by atoms with Gasteiger partial charge in [0.2, 0.25) is 5.91 Å². The third kappa shape index (κ3) is 4.51. The molecule has 1 rings (SSSR count). The van der Waals surface area contributed by atoms with Crippen LogP contribution >= 0.6 is 0 Å². The zero-order valence-corrected chi connectivity index (χ0v) is 12.5. The van der Waals surface area contributed by atoms with Crippen LogP contribution in [0.15, 0.2) is 24.3 Å². The highest BCUT2D eigenvalue weighted by Crippen LogP contribution is 2.22. The van der Waals surface area contributed by atoms with Crippen LogP contribution in [-0.4, -0.2) is 30.7 Å². The van der Waals surface area contributed by atoms with Crippen LogP contribution in [0.2, 0.25) is 0 Å². The standard InChI is InChI=1S/C16H23NO2/c1-16(2,3)13-8-6-12(7-9-13)14(18)10-11-15(19)17(4)5/h6-9H,10-11H2,1-5H3. The van der Waals surface area contributed by atoms with Crippen molar-refractivity contribution in [3.63, 3.8) is 0 Å². The van der Waals surface area contributed by atoms with E-state index in [0.29, 0.717) is 5.56 Å². The Morgan fingerprint density at radius 1 is 1.00 bits per heavy atom. The van der Waals surface area contributed by atoms with Crippen LogP contribution < -0.4 is 0 Å². The molecule has 1 amide bonds. The molecule has 0 unspecified atom stereocenters. The molecular weight excluding hydrogens is 238 g/mol. The SMILES string of the molecule is CN(C)C(=O)CCC(=O)c1ccc(C(C)(C)C)cc1. The van der Waals surface area contributed by atoms with Gasteiger partial charge in [-0.15, -0.1) is 0 Å². The molecule has 0 atom stereocenters. The smallest absolute Gasteiger partial charge is 0.222 e. The van der Waals surface area contributed by atoms with Gasteiger partial charge in [0.25, 0.3) is 0 Å². The Labute approximate surface area is 115 Å². The van der Waals surface area contributed by atoms with Crippen LogP contribution in [0.1, 0.15) is 49.5 Å². The Bertz CT molecular complexity index is 453. The van der Waals surface area contributed by atoms with Crippen molar-refractivity contribution >= 4 is 11.7 Å². The summed E-state index contributed by atoms with van der Waals surface area (Å²) in [5, 5.41) is 0. The first-order chi connectivity index (χ1) is 8.71. The Hall–Kier alpha value is -1.64. The molecule has 0 aromatic heterocycles. The van der Waals surface area contributed by atoms with Crippen LogP contribution in [0, 0.1) is 0 Å². The first-order valence-electron chi connectivity index (χ1n) is 6.55. The highest BCUT2D eigenvalue weighted by Gasteiger charge is 2.15. The molecule has 0 heterocycles. The Balaban J connectivity index is 2.66. The average Bonchev–Trinajstić information content (AvgIpc) is 2.34. The van der Waals surface area contributed by atoms with Crippen LogP contribution in [0.5, 0.6) is 0 Å². The lowest BCUT2D eigenvalue weighted by Crippen LogP contribution is -2.22. The first kappa shape index (κ1) is 15.4. The third-order valence-electron chi connectivity index (χ3n) is 3.14. The largest absolute Gasteiger partial charge is 0.349 e. The quantitative estimate of drug-likeness (QED) is 0.781. The topological polar surface area (TPSA) is 37.4 Å². The van der Waals surface area contributed by atoms with Crippen molar-refractivity contribution in [1.82, 2.24) is 4.90 Å². The Kier molecular flexibility index (Phi) is 4.87. The molecule has 0 fully saturated rings. The van der Waals surface area contributed by atoms with Crippen LogP contribution in [0.4, 0.5) is 0 Å². The molecule has 0 N–H and O–H groups in total. The van der Waals surface area contributed by atoms with Gasteiger partial charge in [0.05, 0.1) is 0 Å². The lowest BCUT2D eigenvalue weighted by atomic mass is 9.86. The summed E-state index contributed by atoms with van der Waals surface area (Å²) in [6, 6.07) is 7.67. The number of benzene rings is 1. The summed E-state index contributed by atoms with van der Waals surface area (Å²) in [6.45, 7) is 6.42. The normalized spacial score (nSPS) is 11.2. The molecule has 0 radical (unpaired) electrons. The maximum Gasteiger partial charge on any atom is 0.222 e. The summed E-state index contributed by atoms with van der Waals surface area (Å²) in [5.74, 6) is 0.00956. The predicted octanol–water partition coefficient (Wildman–Crippen LogP) is 3.04. The number of ketones is 1. The molecule has 104 valence electrons. The molecule has 0 saturated heterocycles. The average molecular weight is 261 g/mol. The summed E-state index contributed by atoms with van der Waals surface area (Å²) in [4.78, 5) is 24.9. The third-order valence-corrected chi connectivity index (χ3v) is 3.14. The molecule has 0 aliphatic heterocycles. The van der Waals surface area contributed by atoms with Gasteiger partial charge in [-0.2, -0.15) is 0 Å². The van der Waals surface area contributed by atoms with Gasteiger partial charge in [-0.3, -0.25) is 9.59 Å². The van der Waals surface area contributed by atoms with E-state index < -0.39 is 0 Å². The minimum absolute atomic E-state index is 0.0142. The van der Waals surface area contributed by atoms with Crippen LogP contribution in [-0.2, 0) is 10.2 Å². The molecule has 0 aliphatic carbocycles. The molecule has 0 spiro atoms. The molecule has 3 nitrogen and oxygen atoms in total. The van der Waals surface area contributed by atoms with Gasteiger partial charge >= 0.3 is 0 Å². The van der Waals surface area contributed by atoms with Crippen molar-refractivity contribution in [3.05, 3.63) is 35.4 Å². The molecule has 3 heteroatoms. The number of amides is 1. The lowest BCUT2D eigenvalue weighted by molar-refractivity contribution is -0.128. The van der Waals surface area contributed by atoms with Gasteiger partial charge < -0.3 is 4.90 Å². The summed E-state index contributed by atoms with van der Waals surface area (Å²) in [6.07, 6.45) is 0.540. The van der Waals surface area contributed by atoms with E-state index in [1.165, 1.54) is 10.5 Å². The number of Topliss-reactive ketones (excluding diaryl/α,β-unsaturated/α-hetero) is 1. The lowest BCUT2D eigenvalue weighted by Gasteiger charge is -2.19. The Morgan fingerprint density at radius 3 is 1.95 bits per heavy atom. The summed E-state index contributed by atoms with van der Waals surface area (Å²) < 4.78 is 0. The minimum Gasteiger partial charge on any atom is -0.349 e. The van der Waals surface area contributed by atoms with E-state index in [4.69, 9.17) is 0 Å². The van der Waals surface area contributed by atoms with Crippen molar-refractivity contribution in [3.8, 4) is 0 Å². The second-order valence-corrected chi connectivity index (χ2v) is 6.04. The number of nitrogens with zero attached hydrogens (tertiary/aromatic N) is 1. The zero-order chi connectivity index (χ0) is 14.6. The van der Waals surface area contributed by atoms with Crippen molar-refractivity contribution in [1.29, 1.82) is 0 Å². The molecule has 1 aromatic rings. The maximum absolute atomic E-state index is 12.0. The number of carbonyl (C=O) groups excluding carboxylic acids is 2. The van der Waals surface area contributed by atoms with Crippen LogP contribution in [0.25, 0.3) is 0 Å². The number of rotatable bonds is 4. The van der Waals surface area contributed by atoms with E-state index in [2.05, 4.69) is 20.8 Å². The summed E-state index contributed by atoms with van der Waals surface area (Å²) in [7, 11) is 3.40. The van der Waals surface area contributed by atoms with Gasteiger partial charge in [0.15, 0.2) is 5.78 Å². The second-order valence-electron chi connectivity index (χ2n) is 6.04. The molecule has 1 aromatic carbocycles. The van der Waals surface area contributed by atoms with E-state index in [1.807, 2.05) is 24.3 Å². The fourth-order valence-corrected chi connectivity index (χ4v) is 1.74. The Morgan fingerprint density at radius 2 is 1.53 bits per heavy atom. The fraction of sp³-hybridized carbons (Fsp3) is 0.500. The minimum atomic E-state index is -0.0142. The molecule has 19 heavy (non-hydrogen) atoms. The summed E-state index contributed by atoms with van der Waals surface area (Å²) in [5.41, 5.74) is 1.97. The highest BCUT2D eigenvalue weighted by molar-refractivity contribution is 5.97. The number of hydrogen-bond donors (Lipinski definition) is 0. The maximum atomic E-state index is 12.0. The monoisotopic (exact) mass is 261 g/mol. The van der Waals surface area contributed by atoms with Gasteiger partial charge in [0, 0.05) is 32.5 Å². The van der Waals surface area contributed by atoms with Gasteiger partial charge in [-0.1, -0.05) is 45.0 Å². The van der Waals surface area contributed by atoms with Crippen LogP contribution in [0.3, 0.4) is 0 Å². The number of hydrogen-bond acceptors (Lipinski definition) is 2. The predicted molar refractivity (Wildman–Crippen MR) is 77.4 cm³/mol. The fourth-order valence-electron chi connectivity index (χ4n) is 1.74. The van der Waals surface area contributed by atoms with Crippen molar-refractivity contribution in [2.75, 3.05) is 14.1 Å². The van der Waals surface area contributed by atoms with E-state index in [1.54, 1.807) is 14.1 Å². The van der Waals surface area contributed by atoms with E-state index in [0.717, 1.165) is 0 Å². The van der Waals surface area contributed by atoms with E-state index in [9.17, 15) is 9.59 Å². The van der Waals surface area contributed by atoms with Crippen molar-refractivity contribution in [2.24, 2.45) is 0 Å². The van der Waals surface area contributed by atoms with Gasteiger partial charge in [0.1, 0.15) is 0 Å². The zero-order valence-electron chi connectivity index (χ0n) is 12.5. The number of carbonyl (C=O) groups is 2. The highest BCUT2D eigenvalue weighted by atomic mass is 16.2. The molecule has 0 bridgehead atoms. The molecule has 0 aliphatic rings. The van der Waals surface area contributed by atoms with E-state index >= 15 is 0 Å².